The van der Waals surface area contributed by atoms with Crippen LogP contribution in [-0.4, -0.2) is 71.0 Å². The number of carbonyl (C=O) groups is 3. The van der Waals surface area contributed by atoms with E-state index in [2.05, 4.69) is 24.1 Å². The van der Waals surface area contributed by atoms with Crippen molar-refractivity contribution in [1.29, 1.82) is 0 Å². The number of nitrogens with one attached hydrogen (secondary N) is 1. The Morgan fingerprint density at radius 3 is 2.32 bits per heavy atom. The Labute approximate surface area is 188 Å². The van der Waals surface area contributed by atoms with E-state index >= 15 is 0 Å². The molecule has 0 spiro atoms. The van der Waals surface area contributed by atoms with Crippen LogP contribution in [0.5, 0.6) is 0 Å². The van der Waals surface area contributed by atoms with Gasteiger partial charge in [0.05, 0.1) is 12.5 Å². The third-order valence-corrected chi connectivity index (χ3v) is 6.18. The molecule has 0 aromatic rings. The first-order valence-electron chi connectivity index (χ1n) is 11.6. The monoisotopic (exact) mass is 437 g/mol. The summed E-state index contributed by atoms with van der Waals surface area (Å²) in [4.78, 5) is 41.3. The van der Waals surface area contributed by atoms with E-state index in [0.717, 1.165) is 38.6 Å². The maximum Gasteiger partial charge on any atom is 0.307 e. The molecule has 2 atom stereocenters. The van der Waals surface area contributed by atoms with Crippen molar-refractivity contribution in [1.82, 2.24) is 15.1 Å². The lowest BCUT2D eigenvalue weighted by Crippen LogP contribution is -2.60. The van der Waals surface area contributed by atoms with Gasteiger partial charge in [-0.15, -0.1) is 0 Å². The zero-order valence-electron chi connectivity index (χ0n) is 20.5. The first kappa shape index (κ1) is 27.1. The molecule has 0 saturated carbocycles. The maximum absolute atomic E-state index is 13.3. The van der Waals surface area contributed by atoms with Crippen molar-refractivity contribution >= 4 is 17.8 Å². The molecular weight excluding hydrogens is 394 g/mol. The lowest BCUT2D eigenvalue weighted by atomic mass is 9.85. The van der Waals surface area contributed by atoms with Crippen LogP contribution < -0.4 is 5.32 Å². The Hall–Kier alpha value is -1.89. The highest BCUT2D eigenvalue weighted by atomic mass is 16.4. The minimum atomic E-state index is -0.892. The highest BCUT2D eigenvalue weighted by molar-refractivity contribution is 5.90. The number of likely N-dealkylation sites (N-methyl/N-ethyl adjacent to an activating group) is 1. The van der Waals surface area contributed by atoms with E-state index < -0.39 is 17.4 Å². The van der Waals surface area contributed by atoms with Crippen molar-refractivity contribution in [3.8, 4) is 0 Å². The molecular formula is C24H43N3O4. The molecule has 178 valence electrons. The fourth-order valence-electron chi connectivity index (χ4n) is 4.23. The highest BCUT2D eigenvalue weighted by Crippen LogP contribution is 2.25. The molecule has 2 amide bonds. The second kappa shape index (κ2) is 12.2. The van der Waals surface area contributed by atoms with Crippen molar-refractivity contribution in [2.75, 3.05) is 20.1 Å². The van der Waals surface area contributed by atoms with Crippen molar-refractivity contribution in [2.45, 2.75) is 98.2 Å². The number of rotatable bonds is 10. The zero-order chi connectivity index (χ0) is 23.8. The molecule has 1 fully saturated rings. The standard InChI is InChI=1S/C24H43N3O4/c1-8-18(9-2)27-14-11-10-12-19(27)22(30)25-21(24(4,5)6)23(31)26(7)15-13-17(3)16-20(28)29/h13,18-19,21H,8-12,14-16H2,1-7H3,(H,25,30)(H,28,29)/b17-13+/t19-,21?/m1/s1. The number of carboxylic acid groups (broad SMARTS) is 1. The largest absolute Gasteiger partial charge is 0.481 e. The topological polar surface area (TPSA) is 90.0 Å². The summed E-state index contributed by atoms with van der Waals surface area (Å²) in [7, 11) is 1.69. The van der Waals surface area contributed by atoms with Crippen molar-refractivity contribution in [2.24, 2.45) is 5.41 Å². The van der Waals surface area contributed by atoms with Crippen LogP contribution in [0.4, 0.5) is 0 Å². The summed E-state index contributed by atoms with van der Waals surface area (Å²) in [5.41, 5.74) is 0.251. The van der Waals surface area contributed by atoms with Crippen LogP contribution >= 0.6 is 0 Å². The van der Waals surface area contributed by atoms with Gasteiger partial charge in [0.2, 0.25) is 11.8 Å². The Bertz CT molecular complexity index is 650. The Morgan fingerprint density at radius 2 is 1.81 bits per heavy atom. The van der Waals surface area contributed by atoms with Gasteiger partial charge in [0.15, 0.2) is 0 Å². The van der Waals surface area contributed by atoms with E-state index in [9.17, 15) is 14.4 Å². The predicted octanol–water partition coefficient (Wildman–Crippen LogP) is 3.44. The maximum atomic E-state index is 13.3. The van der Waals surface area contributed by atoms with Gasteiger partial charge in [0.25, 0.3) is 0 Å². The molecule has 0 aromatic heterocycles. The van der Waals surface area contributed by atoms with Crippen LogP contribution in [0.25, 0.3) is 0 Å². The number of hydrogen-bond acceptors (Lipinski definition) is 4. The van der Waals surface area contributed by atoms with E-state index in [0.29, 0.717) is 18.2 Å². The van der Waals surface area contributed by atoms with Crippen molar-refractivity contribution < 1.29 is 19.5 Å². The van der Waals surface area contributed by atoms with Crippen LogP contribution in [0.3, 0.4) is 0 Å². The fraction of sp³-hybridized carbons (Fsp3) is 0.792. The first-order chi connectivity index (χ1) is 14.4. The van der Waals surface area contributed by atoms with Crippen LogP contribution in [0.15, 0.2) is 11.6 Å². The van der Waals surface area contributed by atoms with Crippen LogP contribution in [0.1, 0.15) is 80.1 Å². The molecule has 1 aliphatic heterocycles. The van der Waals surface area contributed by atoms with Crippen LogP contribution in [-0.2, 0) is 14.4 Å². The first-order valence-corrected chi connectivity index (χ1v) is 11.6. The van der Waals surface area contributed by atoms with E-state index in [1.54, 1.807) is 24.9 Å². The summed E-state index contributed by atoms with van der Waals surface area (Å²) in [6.45, 7) is 13.2. The number of nitrogens with zero attached hydrogens (tertiary/aromatic N) is 2. The van der Waals surface area contributed by atoms with Gasteiger partial charge >= 0.3 is 5.97 Å². The van der Waals surface area contributed by atoms with Crippen LogP contribution in [0.2, 0.25) is 0 Å². The summed E-state index contributed by atoms with van der Waals surface area (Å²) >= 11 is 0. The average molecular weight is 438 g/mol. The molecule has 0 aromatic carbocycles. The van der Waals surface area contributed by atoms with E-state index in [-0.39, 0.29) is 24.3 Å². The summed E-state index contributed by atoms with van der Waals surface area (Å²) in [5, 5.41) is 12.0. The van der Waals surface area contributed by atoms with Crippen LogP contribution in [0, 0.1) is 5.41 Å². The highest BCUT2D eigenvalue weighted by Gasteiger charge is 2.38. The molecule has 1 aliphatic rings. The summed E-state index contributed by atoms with van der Waals surface area (Å²) in [5.74, 6) is -1.12. The van der Waals surface area contributed by atoms with Gasteiger partial charge in [-0.1, -0.05) is 52.7 Å². The third-order valence-electron chi connectivity index (χ3n) is 6.18. The van der Waals surface area contributed by atoms with Crippen molar-refractivity contribution in [3.63, 3.8) is 0 Å². The molecule has 2 N–H and O–H groups in total. The number of hydrogen-bond donors (Lipinski definition) is 2. The minimum Gasteiger partial charge on any atom is -0.481 e. The SMILES string of the molecule is CCC(CC)N1CCCC[C@@H]1C(=O)NC(C(=O)N(C)C/C=C(\C)CC(=O)O)C(C)(C)C. The molecule has 1 rings (SSSR count). The third kappa shape index (κ3) is 8.28. The number of aliphatic carboxylic acids is 1. The minimum absolute atomic E-state index is 0.0466. The lowest BCUT2D eigenvalue weighted by molar-refractivity contribution is -0.140. The van der Waals surface area contributed by atoms with Gasteiger partial charge in [-0.2, -0.15) is 0 Å². The van der Waals surface area contributed by atoms with Gasteiger partial charge in [-0.05, 0) is 44.6 Å². The van der Waals surface area contributed by atoms with E-state index in [4.69, 9.17) is 5.11 Å². The zero-order valence-corrected chi connectivity index (χ0v) is 20.5. The summed E-state index contributed by atoms with van der Waals surface area (Å²) in [6.07, 6.45) is 6.67. The molecule has 1 saturated heterocycles. The second-order valence-electron chi connectivity index (χ2n) is 9.87. The number of amides is 2. The Morgan fingerprint density at radius 1 is 1.19 bits per heavy atom. The average Bonchev–Trinajstić information content (AvgIpc) is 2.69. The summed E-state index contributed by atoms with van der Waals surface area (Å²) in [6, 6.07) is -0.465. The molecule has 0 radical (unpaired) electrons. The number of carboxylic acids is 1. The van der Waals surface area contributed by atoms with Gasteiger partial charge in [-0.3, -0.25) is 19.3 Å². The smallest absolute Gasteiger partial charge is 0.307 e. The number of likely N-dealkylation sites (tertiary alicyclic amines) is 1. The lowest BCUT2D eigenvalue weighted by Gasteiger charge is -2.41. The molecule has 1 heterocycles. The molecule has 31 heavy (non-hydrogen) atoms. The molecule has 1 unspecified atom stereocenters. The number of carbonyl (C=O) groups excluding carboxylic acids is 2. The summed E-state index contributed by atoms with van der Waals surface area (Å²) < 4.78 is 0. The molecule has 7 nitrogen and oxygen atoms in total. The van der Waals surface area contributed by atoms with Crippen molar-refractivity contribution in [3.05, 3.63) is 11.6 Å². The van der Waals surface area contributed by atoms with Gasteiger partial charge in [0, 0.05) is 19.6 Å². The predicted molar refractivity (Wildman–Crippen MR) is 124 cm³/mol. The van der Waals surface area contributed by atoms with E-state index in [1.807, 2.05) is 20.8 Å². The molecule has 0 aliphatic carbocycles. The van der Waals surface area contributed by atoms with Gasteiger partial charge in [-0.25, -0.2) is 0 Å². The molecule has 7 heteroatoms. The molecule has 0 bridgehead atoms. The number of piperidine rings is 1. The Balaban J connectivity index is 2.95. The second-order valence-corrected chi connectivity index (χ2v) is 9.87. The van der Waals surface area contributed by atoms with Gasteiger partial charge < -0.3 is 15.3 Å². The normalized spacial score (nSPS) is 19.2. The van der Waals surface area contributed by atoms with E-state index in [1.165, 1.54) is 0 Å². The quantitative estimate of drug-likeness (QED) is 0.511. The Kier molecular flexibility index (Phi) is 10.7. The van der Waals surface area contributed by atoms with Gasteiger partial charge in [0.1, 0.15) is 6.04 Å². The fourth-order valence-corrected chi connectivity index (χ4v) is 4.23.